The molecule has 0 aliphatic rings. The van der Waals surface area contributed by atoms with Crippen LogP contribution in [0.3, 0.4) is 0 Å². The first-order valence-corrected chi connectivity index (χ1v) is 0. The fraction of sp³-hybridized carbons (Fsp3) is 0. The summed E-state index contributed by atoms with van der Waals surface area (Å²) in [5.74, 6) is 0. The molecule has 0 aliphatic carbocycles. The Morgan fingerprint density at radius 2 is 1.00 bits per heavy atom. The summed E-state index contributed by atoms with van der Waals surface area (Å²) >= 11 is 0. The Hall–Kier alpha value is 2.96. The smallest absolute Gasteiger partial charge is 0 e. The van der Waals surface area contributed by atoms with E-state index in [1.54, 1.807) is 0 Å². The van der Waals surface area contributed by atoms with Crippen LogP contribution in [0.2, 0.25) is 0 Å². The van der Waals surface area contributed by atoms with Crippen molar-refractivity contribution < 1.29 is 89.8 Å². The van der Waals surface area contributed by atoms with Crippen LogP contribution < -0.4 is 0 Å². The molecule has 0 fully saturated rings. The standard InChI is InChI=1S/Nb.Ti.Zn.Zr. The first-order valence-electron chi connectivity index (χ1n) is 0. The van der Waals surface area contributed by atoms with Crippen LogP contribution in [0.15, 0.2) is 0 Å². The normalized spacial score (nSPS) is 0. The molecule has 0 nitrogen and oxygen atoms in total. The van der Waals surface area contributed by atoms with Gasteiger partial charge in [0.25, 0.3) is 0 Å². The van der Waals surface area contributed by atoms with Crippen molar-refractivity contribution in [1.29, 1.82) is 0 Å². The van der Waals surface area contributed by atoms with E-state index < -0.39 is 0 Å². The van der Waals surface area contributed by atoms with E-state index in [0.717, 1.165) is 0 Å². The predicted octanol–water partition coefficient (Wildman–Crippen LogP) is -0.0100. The van der Waals surface area contributed by atoms with Crippen molar-refractivity contribution in [3.05, 3.63) is 0 Å². The van der Waals surface area contributed by atoms with E-state index in [9.17, 15) is 0 Å². The van der Waals surface area contributed by atoms with Gasteiger partial charge in [-0.1, -0.05) is 0 Å². The second-order valence-electron chi connectivity index (χ2n) is 0. The van der Waals surface area contributed by atoms with Crippen molar-refractivity contribution in [1.82, 2.24) is 0 Å². The summed E-state index contributed by atoms with van der Waals surface area (Å²) in [6, 6.07) is 0. The first kappa shape index (κ1) is 28.2. The largest absolute Gasteiger partial charge is 0 e. The summed E-state index contributed by atoms with van der Waals surface area (Å²) in [7, 11) is 0. The van der Waals surface area contributed by atoms with Crippen molar-refractivity contribution in [3.8, 4) is 0 Å². The molecule has 0 spiro atoms. The Labute approximate surface area is 88.1 Å². The van der Waals surface area contributed by atoms with Crippen LogP contribution in [0, 0.1) is 0 Å². The Kier molecular flexibility index (Phi) is 118. The molecule has 0 aliphatic heterocycles. The predicted molar refractivity (Wildman–Crippen MR) is 0 cm³/mol. The zero-order valence-corrected chi connectivity index (χ0v) is 11.3. The molecule has 4 heteroatoms. The first-order chi connectivity index (χ1) is 0. The van der Waals surface area contributed by atoms with Crippen LogP contribution in [-0.2, 0) is 89.8 Å². The third kappa shape index (κ3) is 8.88. The molecule has 0 rings (SSSR count). The molecule has 0 atom stereocenters. The topological polar surface area (TPSA) is 0 Å². The Morgan fingerprint density at radius 3 is 1.00 bits per heavy atom. The van der Waals surface area contributed by atoms with Crippen molar-refractivity contribution in [2.45, 2.75) is 0 Å². The average molecular weight is 297 g/mol. The third-order valence-electron chi connectivity index (χ3n) is 0. The summed E-state index contributed by atoms with van der Waals surface area (Å²) in [5, 5.41) is 0. The summed E-state index contributed by atoms with van der Waals surface area (Å²) in [4.78, 5) is 0. The van der Waals surface area contributed by atoms with Gasteiger partial charge < -0.3 is 0 Å². The molecular weight excluding hydrogens is 297 g/mol. The van der Waals surface area contributed by atoms with Crippen molar-refractivity contribution in [2.24, 2.45) is 0 Å². The fourth-order valence-corrected chi connectivity index (χ4v) is 0. The molecule has 0 unspecified atom stereocenters. The minimum atomic E-state index is 0. The molecular formula is NbTiZnZr. The minimum Gasteiger partial charge on any atom is 0 e. The molecule has 0 aromatic rings. The van der Waals surface area contributed by atoms with E-state index in [0.29, 0.717) is 0 Å². The SMILES string of the molecule is [Nb].[Ti].[Zn].[Zr]. The van der Waals surface area contributed by atoms with Crippen molar-refractivity contribution in [3.63, 3.8) is 0 Å². The fourth-order valence-electron chi connectivity index (χ4n) is 0. The van der Waals surface area contributed by atoms with Crippen LogP contribution >= 0.6 is 0 Å². The van der Waals surface area contributed by atoms with Gasteiger partial charge in [-0.05, 0) is 0 Å². The van der Waals surface area contributed by atoms with Crippen molar-refractivity contribution in [2.75, 3.05) is 0 Å². The van der Waals surface area contributed by atoms with Gasteiger partial charge in [-0.25, -0.2) is 0 Å². The van der Waals surface area contributed by atoms with E-state index in [1.165, 1.54) is 0 Å². The monoisotopic (exact) mass is 295 g/mol. The molecule has 0 aromatic carbocycles. The third-order valence-corrected chi connectivity index (χ3v) is 0. The summed E-state index contributed by atoms with van der Waals surface area (Å²) < 4.78 is 0. The quantitative estimate of drug-likeness (QED) is 0.552. The zero-order chi connectivity index (χ0) is 0. The molecule has 0 N–H and O–H groups in total. The van der Waals surface area contributed by atoms with Gasteiger partial charge in [0.2, 0.25) is 0 Å². The van der Waals surface area contributed by atoms with Crippen molar-refractivity contribution >= 4 is 0 Å². The van der Waals surface area contributed by atoms with E-state index in [4.69, 9.17) is 0 Å². The van der Waals surface area contributed by atoms with Crippen LogP contribution in [-0.4, -0.2) is 0 Å². The second kappa shape index (κ2) is 16.7. The maximum atomic E-state index is 0. The Morgan fingerprint density at radius 1 is 1.00 bits per heavy atom. The average Bonchev–Trinajstić information content (AvgIpc) is 0. The van der Waals surface area contributed by atoms with Crippen LogP contribution in [0.5, 0.6) is 0 Å². The van der Waals surface area contributed by atoms with Gasteiger partial charge in [-0.3, -0.25) is 0 Å². The molecule has 0 amide bonds. The molecule has 0 aromatic heterocycles. The van der Waals surface area contributed by atoms with Gasteiger partial charge in [0.1, 0.15) is 0 Å². The number of hydrogen-bond acceptors (Lipinski definition) is 0. The summed E-state index contributed by atoms with van der Waals surface area (Å²) in [6.45, 7) is 0. The maximum absolute atomic E-state index is 0. The molecule has 1 radical (unpaired) electrons. The Bertz CT molecular complexity index is 8.00. The van der Waals surface area contributed by atoms with Gasteiger partial charge in [0.05, 0.1) is 0 Å². The Balaban J connectivity index is 0. The van der Waals surface area contributed by atoms with E-state index in [1.807, 2.05) is 0 Å². The summed E-state index contributed by atoms with van der Waals surface area (Å²) in [5.41, 5.74) is 0. The van der Waals surface area contributed by atoms with E-state index in [2.05, 4.69) is 0 Å². The molecule has 0 heterocycles. The van der Waals surface area contributed by atoms with Crippen LogP contribution in [0.25, 0.3) is 0 Å². The van der Waals surface area contributed by atoms with Crippen LogP contribution in [0.4, 0.5) is 0 Å². The van der Waals surface area contributed by atoms with Gasteiger partial charge in [0.15, 0.2) is 0 Å². The molecule has 15 valence electrons. The molecule has 0 saturated heterocycles. The number of rotatable bonds is 0. The second-order valence-corrected chi connectivity index (χ2v) is 0. The number of hydrogen-bond donors (Lipinski definition) is 0. The van der Waals surface area contributed by atoms with E-state index in [-0.39, 0.29) is 89.8 Å². The minimum absolute atomic E-state index is 0. The molecule has 4 heavy (non-hydrogen) atoms. The van der Waals surface area contributed by atoms with Crippen LogP contribution in [0.1, 0.15) is 0 Å². The maximum Gasteiger partial charge on any atom is 0 e. The zero-order valence-electron chi connectivity index (χ0n) is 2.15. The van der Waals surface area contributed by atoms with Gasteiger partial charge >= 0.3 is 0 Å². The molecule has 0 saturated carbocycles. The summed E-state index contributed by atoms with van der Waals surface area (Å²) in [6.07, 6.45) is 0. The molecule has 0 bridgehead atoms. The van der Waals surface area contributed by atoms with Gasteiger partial charge in [0, 0.05) is 89.8 Å². The van der Waals surface area contributed by atoms with Gasteiger partial charge in [-0.15, -0.1) is 0 Å². The van der Waals surface area contributed by atoms with Gasteiger partial charge in [-0.2, -0.15) is 0 Å². The van der Waals surface area contributed by atoms with E-state index >= 15 is 0 Å².